The van der Waals surface area contributed by atoms with Crippen LogP contribution in [0, 0.1) is 0 Å². The lowest BCUT2D eigenvalue weighted by Crippen LogP contribution is -2.31. The minimum Gasteiger partial charge on any atom is -0.324 e. The number of likely N-dealkylation sites (N-methyl/N-ethyl adjacent to an activating group) is 1. The first-order valence-corrected chi connectivity index (χ1v) is 7.39. The molecule has 0 aliphatic rings. The van der Waals surface area contributed by atoms with Crippen molar-refractivity contribution in [2.45, 2.75) is 32.2 Å². The lowest BCUT2D eigenvalue weighted by Gasteiger charge is -2.24. The van der Waals surface area contributed by atoms with Gasteiger partial charge in [0.1, 0.15) is 6.04 Å². The largest absolute Gasteiger partial charge is 0.324 e. The fourth-order valence-electron chi connectivity index (χ4n) is 2.49. The molecule has 0 saturated heterocycles. The Bertz CT molecular complexity index is 655. The normalized spacial score (nSPS) is 13.0. The summed E-state index contributed by atoms with van der Waals surface area (Å²) < 4.78 is 1.69. The molecule has 0 aliphatic carbocycles. The van der Waals surface area contributed by atoms with E-state index in [4.69, 9.17) is 0 Å². The van der Waals surface area contributed by atoms with Gasteiger partial charge in [0.15, 0.2) is 0 Å². The number of hydrogen-bond acceptors (Lipinski definition) is 3. The Kier molecular flexibility index (Phi) is 4.66. The SMILES string of the molecule is CNC(C(=O)Nc1ccccc1C(C)(C)C)c1cnn(C)c1. The summed E-state index contributed by atoms with van der Waals surface area (Å²) in [6, 6.07) is 7.49. The number of para-hydroxylation sites is 1. The lowest BCUT2D eigenvalue weighted by atomic mass is 9.86. The highest BCUT2D eigenvalue weighted by atomic mass is 16.2. The number of nitrogens with one attached hydrogen (secondary N) is 2. The average molecular weight is 300 g/mol. The number of benzene rings is 1. The molecule has 5 nitrogen and oxygen atoms in total. The lowest BCUT2D eigenvalue weighted by molar-refractivity contribution is -0.118. The molecule has 0 fully saturated rings. The maximum atomic E-state index is 12.6. The van der Waals surface area contributed by atoms with Gasteiger partial charge in [0.2, 0.25) is 5.91 Å². The highest BCUT2D eigenvalue weighted by Crippen LogP contribution is 2.29. The summed E-state index contributed by atoms with van der Waals surface area (Å²) in [5.41, 5.74) is 2.78. The van der Waals surface area contributed by atoms with Crippen molar-refractivity contribution in [2.24, 2.45) is 7.05 Å². The van der Waals surface area contributed by atoms with E-state index < -0.39 is 6.04 Å². The fraction of sp³-hybridized carbons (Fsp3) is 0.412. The van der Waals surface area contributed by atoms with Crippen molar-refractivity contribution < 1.29 is 4.79 Å². The molecule has 0 radical (unpaired) electrons. The number of aromatic nitrogens is 2. The van der Waals surface area contributed by atoms with Gasteiger partial charge in [-0.1, -0.05) is 39.0 Å². The zero-order chi connectivity index (χ0) is 16.3. The van der Waals surface area contributed by atoms with Crippen LogP contribution in [-0.4, -0.2) is 22.7 Å². The Balaban J connectivity index is 2.25. The molecule has 1 aromatic heterocycles. The van der Waals surface area contributed by atoms with Crippen molar-refractivity contribution in [3.8, 4) is 0 Å². The smallest absolute Gasteiger partial charge is 0.246 e. The molecule has 2 rings (SSSR count). The highest BCUT2D eigenvalue weighted by Gasteiger charge is 2.23. The minimum atomic E-state index is -0.429. The van der Waals surface area contributed by atoms with Crippen LogP contribution >= 0.6 is 0 Å². The maximum Gasteiger partial charge on any atom is 0.246 e. The van der Waals surface area contributed by atoms with Crippen LogP contribution in [0.3, 0.4) is 0 Å². The second-order valence-corrected chi connectivity index (χ2v) is 6.45. The number of nitrogens with zero attached hydrogens (tertiary/aromatic N) is 2. The predicted molar refractivity (Wildman–Crippen MR) is 88.8 cm³/mol. The molecule has 22 heavy (non-hydrogen) atoms. The molecule has 1 heterocycles. The van der Waals surface area contributed by atoms with Crippen molar-refractivity contribution in [3.63, 3.8) is 0 Å². The molecule has 1 unspecified atom stereocenters. The molecule has 1 amide bonds. The Morgan fingerprint density at radius 3 is 2.50 bits per heavy atom. The third-order valence-corrected chi connectivity index (χ3v) is 3.60. The fourth-order valence-corrected chi connectivity index (χ4v) is 2.49. The van der Waals surface area contributed by atoms with Gasteiger partial charge in [-0.3, -0.25) is 9.48 Å². The van der Waals surface area contributed by atoms with E-state index in [1.54, 1.807) is 17.9 Å². The molecule has 0 bridgehead atoms. The van der Waals surface area contributed by atoms with Gasteiger partial charge < -0.3 is 10.6 Å². The summed E-state index contributed by atoms with van der Waals surface area (Å²) in [6.45, 7) is 6.40. The van der Waals surface area contributed by atoms with Gasteiger partial charge in [-0.15, -0.1) is 0 Å². The van der Waals surface area contributed by atoms with Gasteiger partial charge in [0, 0.05) is 24.5 Å². The van der Waals surface area contributed by atoms with E-state index in [1.807, 2.05) is 37.5 Å². The van der Waals surface area contributed by atoms with Crippen LogP contribution in [0.4, 0.5) is 5.69 Å². The summed E-state index contributed by atoms with van der Waals surface area (Å²) >= 11 is 0. The summed E-state index contributed by atoms with van der Waals surface area (Å²) in [6.07, 6.45) is 3.55. The number of carbonyl (C=O) groups is 1. The highest BCUT2D eigenvalue weighted by molar-refractivity contribution is 5.96. The quantitative estimate of drug-likeness (QED) is 0.912. The standard InChI is InChI=1S/C17H24N4O/c1-17(2,3)13-8-6-7-9-14(13)20-16(22)15(18-4)12-10-19-21(5)11-12/h6-11,15,18H,1-5H3,(H,20,22). The zero-order valence-corrected chi connectivity index (χ0v) is 13.8. The molecule has 118 valence electrons. The van der Waals surface area contributed by atoms with E-state index in [-0.39, 0.29) is 11.3 Å². The van der Waals surface area contributed by atoms with Gasteiger partial charge in [-0.2, -0.15) is 5.10 Å². The minimum absolute atomic E-state index is 0.0344. The maximum absolute atomic E-state index is 12.6. The van der Waals surface area contributed by atoms with Crippen LogP contribution in [-0.2, 0) is 17.3 Å². The number of aryl methyl sites for hydroxylation is 1. The molecule has 1 atom stereocenters. The second kappa shape index (κ2) is 6.32. The number of anilines is 1. The van der Waals surface area contributed by atoms with Crippen molar-refractivity contribution in [2.75, 3.05) is 12.4 Å². The van der Waals surface area contributed by atoms with Crippen LogP contribution in [0.2, 0.25) is 0 Å². The van der Waals surface area contributed by atoms with Crippen LogP contribution in [0.5, 0.6) is 0 Å². The van der Waals surface area contributed by atoms with E-state index in [9.17, 15) is 4.79 Å². The summed E-state index contributed by atoms with van der Waals surface area (Å²) in [5.74, 6) is -0.0906. The van der Waals surface area contributed by atoms with Crippen molar-refractivity contribution in [3.05, 3.63) is 47.8 Å². The number of hydrogen-bond donors (Lipinski definition) is 2. The molecule has 0 aliphatic heterocycles. The van der Waals surface area contributed by atoms with E-state index >= 15 is 0 Å². The third kappa shape index (κ3) is 3.54. The van der Waals surface area contributed by atoms with Gasteiger partial charge in [0.05, 0.1) is 6.20 Å². The van der Waals surface area contributed by atoms with Crippen LogP contribution in [0.15, 0.2) is 36.7 Å². The summed E-state index contributed by atoms with van der Waals surface area (Å²) in [5, 5.41) is 10.2. The Morgan fingerprint density at radius 1 is 1.27 bits per heavy atom. The molecule has 2 N–H and O–H groups in total. The van der Waals surface area contributed by atoms with E-state index in [2.05, 4.69) is 36.5 Å². The first-order chi connectivity index (χ1) is 10.3. The first kappa shape index (κ1) is 16.2. The Hall–Kier alpha value is -2.14. The summed E-state index contributed by atoms with van der Waals surface area (Å²) in [4.78, 5) is 12.6. The van der Waals surface area contributed by atoms with Crippen LogP contribution < -0.4 is 10.6 Å². The number of rotatable bonds is 4. The Labute approximate surface area is 131 Å². The van der Waals surface area contributed by atoms with Crippen molar-refractivity contribution >= 4 is 11.6 Å². The molecule has 2 aromatic rings. The van der Waals surface area contributed by atoms with Gasteiger partial charge in [-0.25, -0.2) is 0 Å². The second-order valence-electron chi connectivity index (χ2n) is 6.45. The predicted octanol–water partition coefficient (Wildman–Crippen LogP) is 2.62. The molecule has 5 heteroatoms. The van der Waals surface area contributed by atoms with Gasteiger partial charge in [-0.05, 0) is 24.1 Å². The van der Waals surface area contributed by atoms with Crippen LogP contribution in [0.25, 0.3) is 0 Å². The average Bonchev–Trinajstić information content (AvgIpc) is 2.85. The van der Waals surface area contributed by atoms with Gasteiger partial charge in [0.25, 0.3) is 0 Å². The van der Waals surface area contributed by atoms with Gasteiger partial charge >= 0.3 is 0 Å². The third-order valence-electron chi connectivity index (χ3n) is 3.60. The Morgan fingerprint density at radius 2 is 1.95 bits per heavy atom. The van der Waals surface area contributed by atoms with E-state index in [0.29, 0.717) is 0 Å². The zero-order valence-electron chi connectivity index (χ0n) is 13.8. The van der Waals surface area contributed by atoms with Crippen LogP contribution in [0.1, 0.15) is 37.9 Å². The molecule has 1 aromatic carbocycles. The molecule has 0 saturated carbocycles. The van der Waals surface area contributed by atoms with E-state index in [1.165, 1.54) is 0 Å². The van der Waals surface area contributed by atoms with E-state index in [0.717, 1.165) is 16.8 Å². The first-order valence-electron chi connectivity index (χ1n) is 7.39. The van der Waals surface area contributed by atoms with Crippen molar-refractivity contribution in [1.29, 1.82) is 0 Å². The topological polar surface area (TPSA) is 59.0 Å². The molecular formula is C17H24N4O. The monoisotopic (exact) mass is 300 g/mol. The number of carbonyl (C=O) groups excluding carboxylic acids is 1. The molecule has 0 spiro atoms. The summed E-state index contributed by atoms with van der Waals surface area (Å²) in [7, 11) is 3.61. The number of amides is 1. The van der Waals surface area contributed by atoms with Crippen molar-refractivity contribution in [1.82, 2.24) is 15.1 Å². The molecular weight excluding hydrogens is 276 g/mol.